The van der Waals surface area contributed by atoms with Crippen LogP contribution < -0.4 is 14.8 Å². The van der Waals surface area contributed by atoms with Crippen molar-refractivity contribution in [3.8, 4) is 11.5 Å². The Morgan fingerprint density at radius 1 is 1.33 bits per heavy atom. The smallest absolute Gasteiger partial charge is 0.193 e. The van der Waals surface area contributed by atoms with Crippen molar-refractivity contribution in [2.45, 2.75) is 20.4 Å². The highest BCUT2D eigenvalue weighted by Gasteiger charge is 2.13. The quantitative estimate of drug-likeness (QED) is 0.396. The molecule has 24 heavy (non-hydrogen) atoms. The lowest BCUT2D eigenvalue weighted by Crippen LogP contribution is -2.38. The minimum absolute atomic E-state index is 0. The van der Waals surface area contributed by atoms with Crippen LogP contribution >= 0.6 is 24.0 Å². The predicted molar refractivity (Wildman–Crippen MR) is 107 cm³/mol. The zero-order valence-electron chi connectivity index (χ0n) is 14.6. The Morgan fingerprint density at radius 2 is 2.04 bits per heavy atom. The molecule has 0 spiro atoms. The molecule has 0 saturated heterocycles. The summed E-state index contributed by atoms with van der Waals surface area (Å²) in [5, 5.41) is 12.4. The number of ether oxygens (including phenoxy) is 2. The second-order valence-corrected chi connectivity index (χ2v) is 5.82. The van der Waals surface area contributed by atoms with Gasteiger partial charge in [-0.3, -0.25) is 4.99 Å². The molecular weight excluding hydrogens is 421 g/mol. The standard InChI is InChI=1S/C17H27N3O3.HI/c1-4-18-17(19-10-13(2)12-21)20(3)11-14-5-6-15-16(9-14)23-8-7-22-15;/h5-6,9,13,21H,4,7-8,10-12H2,1-3H3,(H,18,19);1H. The largest absolute Gasteiger partial charge is 0.486 e. The van der Waals surface area contributed by atoms with Crippen molar-refractivity contribution in [3.05, 3.63) is 23.8 Å². The van der Waals surface area contributed by atoms with Gasteiger partial charge in [-0.2, -0.15) is 0 Å². The molecule has 136 valence electrons. The number of aliphatic imine (C=N–C) groups is 1. The van der Waals surface area contributed by atoms with Crippen molar-refractivity contribution in [1.82, 2.24) is 10.2 Å². The van der Waals surface area contributed by atoms with Gasteiger partial charge in [0.2, 0.25) is 0 Å². The lowest BCUT2D eigenvalue weighted by Gasteiger charge is -2.24. The fourth-order valence-corrected chi connectivity index (χ4v) is 2.30. The van der Waals surface area contributed by atoms with Crippen LogP contribution in [0.4, 0.5) is 0 Å². The molecule has 0 saturated carbocycles. The summed E-state index contributed by atoms with van der Waals surface area (Å²) in [6.07, 6.45) is 0. The summed E-state index contributed by atoms with van der Waals surface area (Å²) in [4.78, 5) is 6.65. The summed E-state index contributed by atoms with van der Waals surface area (Å²) >= 11 is 0. The molecule has 1 aromatic rings. The molecule has 1 aliphatic heterocycles. The van der Waals surface area contributed by atoms with E-state index in [2.05, 4.69) is 15.2 Å². The third-order valence-electron chi connectivity index (χ3n) is 3.59. The van der Waals surface area contributed by atoms with Crippen LogP contribution in [0.5, 0.6) is 11.5 Å². The van der Waals surface area contributed by atoms with Gasteiger partial charge in [0.1, 0.15) is 13.2 Å². The molecule has 0 aliphatic carbocycles. The molecule has 6 nitrogen and oxygen atoms in total. The second-order valence-electron chi connectivity index (χ2n) is 5.82. The summed E-state index contributed by atoms with van der Waals surface area (Å²) in [6, 6.07) is 6.02. The highest BCUT2D eigenvalue weighted by Crippen LogP contribution is 2.31. The summed E-state index contributed by atoms with van der Waals surface area (Å²) in [6.45, 7) is 7.49. The van der Waals surface area contributed by atoms with Gasteiger partial charge in [0, 0.05) is 33.3 Å². The van der Waals surface area contributed by atoms with E-state index in [1.54, 1.807) is 0 Å². The maximum Gasteiger partial charge on any atom is 0.193 e. The minimum Gasteiger partial charge on any atom is -0.486 e. The molecule has 1 aromatic carbocycles. The Balaban J connectivity index is 0.00000288. The molecule has 0 radical (unpaired) electrons. The third kappa shape index (κ3) is 6.01. The maximum absolute atomic E-state index is 9.13. The number of guanidine groups is 1. The first-order valence-corrected chi connectivity index (χ1v) is 8.12. The molecule has 1 aliphatic rings. The first-order chi connectivity index (χ1) is 11.1. The van der Waals surface area contributed by atoms with Gasteiger partial charge in [0.25, 0.3) is 0 Å². The number of hydrogen-bond donors (Lipinski definition) is 2. The zero-order chi connectivity index (χ0) is 16.7. The average molecular weight is 449 g/mol. The van der Waals surface area contributed by atoms with E-state index in [0.717, 1.165) is 36.1 Å². The van der Waals surface area contributed by atoms with Gasteiger partial charge in [-0.1, -0.05) is 13.0 Å². The van der Waals surface area contributed by atoms with E-state index in [0.29, 0.717) is 19.8 Å². The van der Waals surface area contributed by atoms with Gasteiger partial charge in [-0.05, 0) is 30.5 Å². The Labute approximate surface area is 161 Å². The molecule has 0 aromatic heterocycles. The normalized spacial score (nSPS) is 14.6. The van der Waals surface area contributed by atoms with E-state index in [9.17, 15) is 0 Å². The van der Waals surface area contributed by atoms with Crippen molar-refractivity contribution >= 4 is 29.9 Å². The fourth-order valence-electron chi connectivity index (χ4n) is 2.30. The molecule has 1 heterocycles. The van der Waals surface area contributed by atoms with Gasteiger partial charge in [-0.25, -0.2) is 0 Å². The van der Waals surface area contributed by atoms with Crippen LogP contribution in [-0.4, -0.2) is 55.9 Å². The number of aliphatic hydroxyl groups is 1. The molecular formula is C17H28IN3O3. The number of nitrogens with zero attached hydrogens (tertiary/aromatic N) is 2. The number of fused-ring (bicyclic) bond motifs is 1. The Bertz CT molecular complexity index is 540. The molecule has 7 heteroatoms. The molecule has 0 bridgehead atoms. The third-order valence-corrected chi connectivity index (χ3v) is 3.59. The Morgan fingerprint density at radius 3 is 2.71 bits per heavy atom. The number of halogens is 1. The number of benzene rings is 1. The van der Waals surface area contributed by atoms with Crippen molar-refractivity contribution < 1.29 is 14.6 Å². The van der Waals surface area contributed by atoms with E-state index in [4.69, 9.17) is 14.6 Å². The molecule has 1 unspecified atom stereocenters. The van der Waals surface area contributed by atoms with E-state index in [-0.39, 0.29) is 36.5 Å². The molecule has 2 rings (SSSR count). The van der Waals surface area contributed by atoms with Crippen LogP contribution in [0.3, 0.4) is 0 Å². The van der Waals surface area contributed by atoms with E-state index in [1.165, 1.54) is 0 Å². The SMILES string of the molecule is CCNC(=NCC(C)CO)N(C)Cc1ccc2c(c1)OCCO2.I. The van der Waals surface area contributed by atoms with Crippen LogP contribution in [0, 0.1) is 5.92 Å². The Kier molecular flexibility index (Phi) is 9.20. The van der Waals surface area contributed by atoms with Crippen LogP contribution in [0.15, 0.2) is 23.2 Å². The van der Waals surface area contributed by atoms with Gasteiger partial charge < -0.3 is 24.8 Å². The topological polar surface area (TPSA) is 66.3 Å². The number of rotatable bonds is 6. The van der Waals surface area contributed by atoms with Gasteiger partial charge >= 0.3 is 0 Å². The van der Waals surface area contributed by atoms with Gasteiger partial charge in [0.05, 0.1) is 0 Å². The maximum atomic E-state index is 9.13. The second kappa shape index (κ2) is 10.6. The van der Waals surface area contributed by atoms with Crippen molar-refractivity contribution in [2.24, 2.45) is 10.9 Å². The zero-order valence-corrected chi connectivity index (χ0v) is 16.9. The average Bonchev–Trinajstić information content (AvgIpc) is 2.58. The molecule has 0 amide bonds. The van der Waals surface area contributed by atoms with Crippen molar-refractivity contribution in [2.75, 3.05) is 40.0 Å². The lowest BCUT2D eigenvalue weighted by molar-refractivity contribution is 0.171. The predicted octanol–water partition coefficient (Wildman–Crippen LogP) is 2.10. The summed E-state index contributed by atoms with van der Waals surface area (Å²) in [5.74, 6) is 2.60. The highest BCUT2D eigenvalue weighted by atomic mass is 127. The first-order valence-electron chi connectivity index (χ1n) is 8.12. The number of hydrogen-bond acceptors (Lipinski definition) is 4. The highest BCUT2D eigenvalue weighted by molar-refractivity contribution is 14.0. The minimum atomic E-state index is 0. The monoisotopic (exact) mass is 449 g/mol. The summed E-state index contributed by atoms with van der Waals surface area (Å²) in [5.41, 5.74) is 1.14. The van der Waals surface area contributed by atoms with Crippen LogP contribution in [0.25, 0.3) is 0 Å². The summed E-state index contributed by atoms with van der Waals surface area (Å²) in [7, 11) is 2.00. The molecule has 1 atom stereocenters. The Hall–Kier alpha value is -1.22. The van der Waals surface area contributed by atoms with E-state index in [1.807, 2.05) is 39.1 Å². The van der Waals surface area contributed by atoms with Gasteiger partial charge in [0.15, 0.2) is 17.5 Å². The van der Waals surface area contributed by atoms with Crippen LogP contribution in [0.1, 0.15) is 19.4 Å². The van der Waals surface area contributed by atoms with Crippen molar-refractivity contribution in [3.63, 3.8) is 0 Å². The number of aliphatic hydroxyl groups excluding tert-OH is 1. The van der Waals surface area contributed by atoms with Crippen LogP contribution in [0.2, 0.25) is 0 Å². The first kappa shape index (κ1) is 20.8. The van der Waals surface area contributed by atoms with Crippen molar-refractivity contribution in [1.29, 1.82) is 0 Å². The van der Waals surface area contributed by atoms with Crippen LogP contribution in [-0.2, 0) is 6.54 Å². The lowest BCUT2D eigenvalue weighted by atomic mass is 10.2. The van der Waals surface area contributed by atoms with E-state index < -0.39 is 0 Å². The summed E-state index contributed by atoms with van der Waals surface area (Å²) < 4.78 is 11.2. The molecule has 0 fully saturated rings. The van der Waals surface area contributed by atoms with E-state index >= 15 is 0 Å². The van der Waals surface area contributed by atoms with Gasteiger partial charge in [-0.15, -0.1) is 24.0 Å². The number of nitrogens with one attached hydrogen (secondary N) is 1. The fraction of sp³-hybridized carbons (Fsp3) is 0.588. The molecule has 2 N–H and O–H groups in total.